The molecule has 0 unspecified atom stereocenters. The highest BCUT2D eigenvalue weighted by molar-refractivity contribution is 5.97. The summed E-state index contributed by atoms with van der Waals surface area (Å²) in [6, 6.07) is 29.2. The molecule has 0 spiro atoms. The maximum absolute atomic E-state index is 13.0. The Bertz CT molecular complexity index is 1410. The molecule has 6 heteroatoms. The number of hydrogen-bond acceptors (Lipinski definition) is 3. The van der Waals surface area contributed by atoms with Gasteiger partial charge in [0.1, 0.15) is 24.0 Å². The third kappa shape index (κ3) is 4.96. The molecule has 0 aliphatic carbocycles. The van der Waals surface area contributed by atoms with Crippen LogP contribution in [0.25, 0.3) is 22.4 Å². The fraction of sp³-hybridized carbons (Fsp3) is 0.0714. The molecule has 1 heterocycles. The number of aromatic nitrogens is 2. The number of imidazole rings is 1. The molecule has 5 aromatic rings. The number of nitrogens with one attached hydrogen (secondary N) is 2. The number of halogens is 1. The molecule has 0 aliphatic heterocycles. The third-order valence-electron chi connectivity index (χ3n) is 5.49. The molecule has 5 rings (SSSR count). The van der Waals surface area contributed by atoms with Gasteiger partial charge in [-0.25, -0.2) is 9.37 Å². The van der Waals surface area contributed by atoms with E-state index in [-0.39, 0.29) is 11.7 Å². The summed E-state index contributed by atoms with van der Waals surface area (Å²) in [7, 11) is 0. The van der Waals surface area contributed by atoms with E-state index in [9.17, 15) is 9.18 Å². The first-order valence-corrected chi connectivity index (χ1v) is 10.9. The lowest BCUT2D eigenvalue weighted by Gasteiger charge is -2.06. The second-order valence-electron chi connectivity index (χ2n) is 7.93. The number of nitrogens with zero attached hydrogens (tertiary/aromatic N) is 1. The molecule has 0 saturated heterocycles. The molecule has 2 N–H and O–H groups in total. The smallest absolute Gasteiger partial charge is 0.251 e. The molecule has 0 radical (unpaired) electrons. The minimum absolute atomic E-state index is 0.206. The van der Waals surface area contributed by atoms with E-state index in [1.807, 2.05) is 60.7 Å². The number of ether oxygens (including phenoxy) is 1. The van der Waals surface area contributed by atoms with Gasteiger partial charge in [0.15, 0.2) is 0 Å². The first-order valence-electron chi connectivity index (χ1n) is 10.9. The number of H-pyrrole nitrogens is 1. The van der Waals surface area contributed by atoms with Gasteiger partial charge in [0.2, 0.25) is 0 Å². The van der Waals surface area contributed by atoms with E-state index < -0.39 is 0 Å². The minimum atomic E-state index is -0.301. The molecule has 34 heavy (non-hydrogen) atoms. The van der Waals surface area contributed by atoms with Gasteiger partial charge in [-0.2, -0.15) is 0 Å². The van der Waals surface area contributed by atoms with Crippen LogP contribution in [0.1, 0.15) is 21.5 Å². The summed E-state index contributed by atoms with van der Waals surface area (Å²) in [5.74, 6) is 0.990. The maximum atomic E-state index is 13.0. The molecule has 0 bridgehead atoms. The molecule has 1 amide bonds. The summed E-state index contributed by atoms with van der Waals surface area (Å²) >= 11 is 0. The highest BCUT2D eigenvalue weighted by atomic mass is 19.1. The lowest BCUT2D eigenvalue weighted by Crippen LogP contribution is -2.22. The fourth-order valence-electron chi connectivity index (χ4n) is 3.62. The van der Waals surface area contributed by atoms with E-state index in [0.29, 0.717) is 24.5 Å². The monoisotopic (exact) mass is 451 g/mol. The van der Waals surface area contributed by atoms with Crippen LogP contribution in [0.5, 0.6) is 5.75 Å². The minimum Gasteiger partial charge on any atom is -0.489 e. The van der Waals surface area contributed by atoms with Gasteiger partial charge in [0.25, 0.3) is 5.91 Å². The summed E-state index contributed by atoms with van der Waals surface area (Å²) in [6.45, 7) is 0.834. The molecule has 1 aromatic heterocycles. The van der Waals surface area contributed by atoms with Gasteiger partial charge in [-0.05, 0) is 65.7 Å². The van der Waals surface area contributed by atoms with Crippen LogP contribution < -0.4 is 10.1 Å². The Morgan fingerprint density at radius 3 is 2.41 bits per heavy atom. The Balaban J connectivity index is 1.25. The van der Waals surface area contributed by atoms with Crippen molar-refractivity contribution in [3.05, 3.63) is 120 Å². The first-order chi connectivity index (χ1) is 16.6. The number of rotatable bonds is 7. The van der Waals surface area contributed by atoms with Gasteiger partial charge in [0.05, 0.1) is 11.0 Å². The van der Waals surface area contributed by atoms with E-state index in [0.717, 1.165) is 33.5 Å². The second kappa shape index (κ2) is 9.58. The number of aromatic amines is 1. The zero-order chi connectivity index (χ0) is 23.3. The fourth-order valence-corrected chi connectivity index (χ4v) is 3.62. The van der Waals surface area contributed by atoms with Gasteiger partial charge in [-0.1, -0.05) is 42.5 Å². The number of carbonyl (C=O) groups excluding carboxylic acids is 1. The Hall–Kier alpha value is -4.45. The van der Waals surface area contributed by atoms with Crippen molar-refractivity contribution in [3.63, 3.8) is 0 Å². The molecule has 0 fully saturated rings. The lowest BCUT2D eigenvalue weighted by molar-refractivity contribution is 0.0951. The normalized spacial score (nSPS) is 10.9. The predicted molar refractivity (Wildman–Crippen MR) is 130 cm³/mol. The summed E-state index contributed by atoms with van der Waals surface area (Å²) in [6.07, 6.45) is 0. The number of carbonyl (C=O) groups is 1. The average Bonchev–Trinajstić information content (AvgIpc) is 3.31. The Morgan fingerprint density at radius 2 is 1.65 bits per heavy atom. The Kier molecular flexibility index (Phi) is 6.03. The van der Waals surface area contributed by atoms with Gasteiger partial charge in [0, 0.05) is 17.7 Å². The topological polar surface area (TPSA) is 67.0 Å². The standard InChI is InChI=1S/C28H22FN3O2/c29-23-11-6-19(7-12-23)17-30-28(33)22-10-15-25-26(16-22)32-27(31-25)21-8-13-24(14-9-21)34-18-20-4-2-1-3-5-20/h1-16H,17-18H2,(H,30,33)(H,31,32). The highest BCUT2D eigenvalue weighted by Crippen LogP contribution is 2.24. The predicted octanol–water partition coefficient (Wildman–Crippen LogP) is 5.88. The van der Waals surface area contributed by atoms with Crippen LogP contribution in [0.2, 0.25) is 0 Å². The van der Waals surface area contributed by atoms with Crippen molar-refractivity contribution >= 4 is 16.9 Å². The summed E-state index contributed by atoms with van der Waals surface area (Å²) in [5.41, 5.74) is 4.93. The van der Waals surface area contributed by atoms with Crippen molar-refractivity contribution in [1.82, 2.24) is 15.3 Å². The summed E-state index contributed by atoms with van der Waals surface area (Å²) in [4.78, 5) is 20.5. The van der Waals surface area contributed by atoms with E-state index in [1.165, 1.54) is 12.1 Å². The average molecular weight is 452 g/mol. The molecule has 168 valence electrons. The summed E-state index contributed by atoms with van der Waals surface area (Å²) < 4.78 is 18.9. The van der Waals surface area contributed by atoms with Crippen LogP contribution in [-0.4, -0.2) is 15.9 Å². The van der Waals surface area contributed by atoms with E-state index in [4.69, 9.17) is 4.74 Å². The van der Waals surface area contributed by atoms with Crippen LogP contribution in [0, 0.1) is 5.82 Å². The maximum Gasteiger partial charge on any atom is 0.251 e. The van der Waals surface area contributed by atoms with Crippen molar-refractivity contribution in [2.24, 2.45) is 0 Å². The van der Waals surface area contributed by atoms with Crippen LogP contribution in [-0.2, 0) is 13.2 Å². The van der Waals surface area contributed by atoms with Crippen molar-refractivity contribution in [1.29, 1.82) is 0 Å². The van der Waals surface area contributed by atoms with Gasteiger partial charge in [-0.15, -0.1) is 0 Å². The molecule has 0 saturated carbocycles. The number of amides is 1. The molecular weight excluding hydrogens is 429 g/mol. The van der Waals surface area contributed by atoms with Crippen molar-refractivity contribution < 1.29 is 13.9 Å². The zero-order valence-corrected chi connectivity index (χ0v) is 18.3. The molecule has 5 nitrogen and oxygen atoms in total. The molecule has 0 atom stereocenters. The van der Waals surface area contributed by atoms with Gasteiger partial charge >= 0.3 is 0 Å². The van der Waals surface area contributed by atoms with Crippen molar-refractivity contribution in [2.75, 3.05) is 0 Å². The summed E-state index contributed by atoms with van der Waals surface area (Å²) in [5, 5.41) is 2.86. The van der Waals surface area contributed by atoms with E-state index >= 15 is 0 Å². The number of hydrogen-bond donors (Lipinski definition) is 2. The van der Waals surface area contributed by atoms with Gasteiger partial charge in [-0.3, -0.25) is 4.79 Å². The zero-order valence-electron chi connectivity index (χ0n) is 18.3. The van der Waals surface area contributed by atoms with E-state index in [1.54, 1.807) is 24.3 Å². The number of fused-ring (bicyclic) bond motifs is 1. The SMILES string of the molecule is O=C(NCc1ccc(F)cc1)c1ccc2nc(-c3ccc(OCc4ccccc4)cc3)[nH]c2c1. The lowest BCUT2D eigenvalue weighted by atomic mass is 10.1. The number of benzene rings is 4. The van der Waals surface area contributed by atoms with Crippen LogP contribution in [0.4, 0.5) is 4.39 Å². The largest absolute Gasteiger partial charge is 0.489 e. The molecule has 4 aromatic carbocycles. The van der Waals surface area contributed by atoms with Crippen molar-refractivity contribution in [3.8, 4) is 17.1 Å². The van der Waals surface area contributed by atoms with Crippen LogP contribution in [0.15, 0.2) is 97.1 Å². The van der Waals surface area contributed by atoms with E-state index in [2.05, 4.69) is 15.3 Å². The quantitative estimate of drug-likeness (QED) is 0.325. The van der Waals surface area contributed by atoms with Crippen molar-refractivity contribution in [2.45, 2.75) is 13.2 Å². The Labute approximate surface area is 196 Å². The van der Waals surface area contributed by atoms with Crippen LogP contribution >= 0.6 is 0 Å². The van der Waals surface area contributed by atoms with Crippen LogP contribution in [0.3, 0.4) is 0 Å². The third-order valence-corrected chi connectivity index (χ3v) is 5.49. The van der Waals surface area contributed by atoms with Gasteiger partial charge < -0.3 is 15.0 Å². The Morgan fingerprint density at radius 1 is 0.882 bits per heavy atom. The molecule has 0 aliphatic rings. The second-order valence-corrected chi connectivity index (χ2v) is 7.93. The molecular formula is C28H22FN3O2. The first kappa shape index (κ1) is 21.4. The highest BCUT2D eigenvalue weighted by Gasteiger charge is 2.10.